The van der Waals surface area contributed by atoms with E-state index in [2.05, 4.69) is 16.0 Å². The van der Waals surface area contributed by atoms with Gasteiger partial charge in [-0.1, -0.05) is 6.42 Å². The van der Waals surface area contributed by atoms with Gasteiger partial charge in [0.15, 0.2) is 0 Å². The molecule has 3 nitrogen and oxygen atoms in total. The third-order valence-corrected chi connectivity index (χ3v) is 3.09. The van der Waals surface area contributed by atoms with E-state index >= 15 is 0 Å². The van der Waals surface area contributed by atoms with E-state index in [0.29, 0.717) is 5.82 Å². The van der Waals surface area contributed by atoms with Crippen LogP contribution in [0.1, 0.15) is 30.9 Å². The number of rotatable bonds is 1. The summed E-state index contributed by atoms with van der Waals surface area (Å²) in [6.45, 7) is 0. The second kappa shape index (κ2) is 2.74. The maximum atomic E-state index is 5.63. The lowest BCUT2D eigenvalue weighted by Gasteiger charge is -2.23. The number of nitrogens with zero attached hydrogens (tertiary/aromatic N) is 1. The molecule has 1 fully saturated rings. The molecule has 0 unspecified atom stereocenters. The molecule has 0 radical (unpaired) electrons. The van der Waals surface area contributed by atoms with Gasteiger partial charge in [0.1, 0.15) is 5.82 Å². The average Bonchev–Trinajstić information content (AvgIpc) is 2.43. The summed E-state index contributed by atoms with van der Waals surface area (Å²) >= 11 is 0. The van der Waals surface area contributed by atoms with Crippen molar-refractivity contribution in [3.8, 4) is 0 Å². The molecule has 0 bridgehead atoms. The van der Waals surface area contributed by atoms with Crippen molar-refractivity contribution < 1.29 is 0 Å². The fourth-order valence-electron chi connectivity index (χ4n) is 2.01. The highest BCUT2D eigenvalue weighted by Gasteiger charge is 2.20. The first-order chi connectivity index (χ1) is 6.83. The van der Waals surface area contributed by atoms with Crippen LogP contribution >= 0.6 is 0 Å². The zero-order valence-corrected chi connectivity index (χ0v) is 7.96. The number of nitrogens with two attached hydrogens (primary N) is 1. The molecule has 1 aliphatic carbocycles. The number of anilines is 1. The van der Waals surface area contributed by atoms with Gasteiger partial charge < -0.3 is 10.7 Å². The number of aromatic nitrogens is 2. The summed E-state index contributed by atoms with van der Waals surface area (Å²) in [4.78, 5) is 7.48. The van der Waals surface area contributed by atoms with Crippen molar-refractivity contribution in [1.82, 2.24) is 9.97 Å². The van der Waals surface area contributed by atoms with Gasteiger partial charge in [-0.15, -0.1) is 0 Å². The maximum Gasteiger partial charge on any atom is 0.124 e. The van der Waals surface area contributed by atoms with Crippen molar-refractivity contribution in [2.75, 3.05) is 5.73 Å². The average molecular weight is 187 g/mol. The molecule has 0 saturated heterocycles. The van der Waals surface area contributed by atoms with Crippen molar-refractivity contribution in [3.05, 3.63) is 24.0 Å². The Morgan fingerprint density at radius 1 is 1.36 bits per heavy atom. The normalized spacial score (nSPS) is 17.1. The van der Waals surface area contributed by atoms with Gasteiger partial charge in [-0.05, 0) is 30.9 Å². The minimum absolute atomic E-state index is 0.594. The molecule has 3 N–H and O–H groups in total. The number of nitrogen functional groups attached to an aromatic ring is 1. The molecule has 2 aromatic heterocycles. The molecule has 0 aliphatic heterocycles. The lowest BCUT2D eigenvalue weighted by atomic mass is 9.83. The van der Waals surface area contributed by atoms with Crippen LogP contribution in [0.2, 0.25) is 0 Å². The molecule has 14 heavy (non-hydrogen) atoms. The molecular weight excluding hydrogens is 174 g/mol. The minimum atomic E-state index is 0.594. The first kappa shape index (κ1) is 7.85. The number of hydrogen-bond acceptors (Lipinski definition) is 2. The summed E-state index contributed by atoms with van der Waals surface area (Å²) in [6, 6.07) is 4.13. The smallest absolute Gasteiger partial charge is 0.124 e. The van der Waals surface area contributed by atoms with Crippen LogP contribution in [0.3, 0.4) is 0 Å². The van der Waals surface area contributed by atoms with E-state index in [9.17, 15) is 0 Å². The first-order valence-electron chi connectivity index (χ1n) is 5.07. The van der Waals surface area contributed by atoms with Crippen LogP contribution in [0.4, 0.5) is 5.82 Å². The largest absolute Gasteiger partial charge is 0.384 e. The topological polar surface area (TPSA) is 54.7 Å². The zero-order valence-electron chi connectivity index (χ0n) is 7.96. The van der Waals surface area contributed by atoms with Gasteiger partial charge in [-0.2, -0.15) is 0 Å². The number of pyridine rings is 1. The predicted octanol–water partition coefficient (Wildman–Crippen LogP) is 2.41. The first-order valence-corrected chi connectivity index (χ1v) is 5.07. The maximum absolute atomic E-state index is 5.63. The fourth-order valence-corrected chi connectivity index (χ4v) is 2.01. The molecule has 2 aromatic rings. The van der Waals surface area contributed by atoms with Gasteiger partial charge in [0.25, 0.3) is 0 Å². The Morgan fingerprint density at radius 3 is 2.93 bits per heavy atom. The number of fused-ring (bicyclic) bond motifs is 1. The van der Waals surface area contributed by atoms with E-state index in [0.717, 1.165) is 11.4 Å². The van der Waals surface area contributed by atoms with Gasteiger partial charge in [0.05, 0.1) is 11.7 Å². The molecule has 0 spiro atoms. The molecule has 3 heteroatoms. The van der Waals surface area contributed by atoms with Gasteiger partial charge in [0.2, 0.25) is 0 Å². The molecule has 3 rings (SSSR count). The van der Waals surface area contributed by atoms with E-state index in [1.807, 2.05) is 12.3 Å². The zero-order chi connectivity index (χ0) is 9.54. The highest BCUT2D eigenvalue weighted by Crippen LogP contribution is 2.36. The van der Waals surface area contributed by atoms with E-state index in [1.165, 1.54) is 30.3 Å². The Balaban J connectivity index is 2.10. The Hall–Kier alpha value is -1.51. The van der Waals surface area contributed by atoms with Crippen molar-refractivity contribution in [1.29, 1.82) is 0 Å². The van der Waals surface area contributed by atoms with Crippen LogP contribution in [0, 0.1) is 0 Å². The van der Waals surface area contributed by atoms with Crippen molar-refractivity contribution in [2.45, 2.75) is 25.2 Å². The third-order valence-electron chi connectivity index (χ3n) is 3.09. The highest BCUT2D eigenvalue weighted by molar-refractivity contribution is 5.81. The molecule has 0 aromatic carbocycles. The van der Waals surface area contributed by atoms with Gasteiger partial charge in [0, 0.05) is 11.1 Å². The van der Waals surface area contributed by atoms with Gasteiger partial charge in [-0.3, -0.25) is 0 Å². The van der Waals surface area contributed by atoms with E-state index in [-0.39, 0.29) is 0 Å². The quantitative estimate of drug-likeness (QED) is 0.720. The second-order valence-corrected chi connectivity index (χ2v) is 4.05. The van der Waals surface area contributed by atoms with E-state index in [4.69, 9.17) is 5.73 Å². The lowest BCUT2D eigenvalue weighted by molar-refractivity contribution is 0.413. The highest BCUT2D eigenvalue weighted by atomic mass is 14.8. The molecule has 1 aliphatic rings. The summed E-state index contributed by atoms with van der Waals surface area (Å²) in [5, 5.41) is 1.18. The lowest BCUT2D eigenvalue weighted by Crippen LogP contribution is -2.08. The SMILES string of the molecule is Nc1cc2cc(C3CCC3)[nH]c2cn1. The monoisotopic (exact) mass is 187 g/mol. The molecule has 1 saturated carbocycles. The van der Waals surface area contributed by atoms with Gasteiger partial charge >= 0.3 is 0 Å². The fraction of sp³-hybridized carbons (Fsp3) is 0.364. The predicted molar refractivity (Wildman–Crippen MR) is 57.1 cm³/mol. The Kier molecular flexibility index (Phi) is 1.54. The summed E-state index contributed by atoms with van der Waals surface area (Å²) in [6.07, 6.45) is 5.80. The number of hydrogen-bond donors (Lipinski definition) is 2. The standard InChI is InChI=1S/C11H13N3/c12-11-5-8-4-9(7-2-1-3-7)14-10(8)6-13-11/h4-7,14H,1-3H2,(H2,12,13). The van der Waals surface area contributed by atoms with Crippen LogP contribution in [0.15, 0.2) is 18.3 Å². The summed E-state index contributed by atoms with van der Waals surface area (Å²) in [5.41, 5.74) is 8.07. The summed E-state index contributed by atoms with van der Waals surface area (Å²) < 4.78 is 0. The second-order valence-electron chi connectivity index (χ2n) is 4.05. The van der Waals surface area contributed by atoms with E-state index in [1.54, 1.807) is 0 Å². The molecule has 72 valence electrons. The Morgan fingerprint density at radius 2 is 2.21 bits per heavy atom. The Labute approximate surface area is 82.3 Å². The summed E-state index contributed by atoms with van der Waals surface area (Å²) in [5.74, 6) is 1.33. The van der Waals surface area contributed by atoms with Crippen molar-refractivity contribution in [2.24, 2.45) is 0 Å². The minimum Gasteiger partial charge on any atom is -0.384 e. The molecule has 0 amide bonds. The molecular formula is C11H13N3. The number of H-pyrrole nitrogens is 1. The van der Waals surface area contributed by atoms with Crippen molar-refractivity contribution in [3.63, 3.8) is 0 Å². The van der Waals surface area contributed by atoms with Gasteiger partial charge in [-0.25, -0.2) is 4.98 Å². The third kappa shape index (κ3) is 1.09. The van der Waals surface area contributed by atoms with Crippen LogP contribution in [-0.4, -0.2) is 9.97 Å². The van der Waals surface area contributed by atoms with Crippen LogP contribution in [0.5, 0.6) is 0 Å². The number of aromatic amines is 1. The van der Waals surface area contributed by atoms with Crippen LogP contribution in [-0.2, 0) is 0 Å². The van der Waals surface area contributed by atoms with Crippen LogP contribution in [0.25, 0.3) is 10.9 Å². The molecule has 0 atom stereocenters. The van der Waals surface area contributed by atoms with E-state index < -0.39 is 0 Å². The Bertz CT molecular complexity index is 468. The van der Waals surface area contributed by atoms with Crippen molar-refractivity contribution >= 4 is 16.7 Å². The number of nitrogens with one attached hydrogen (secondary N) is 1. The molecule has 2 heterocycles. The van der Waals surface area contributed by atoms with Crippen LogP contribution < -0.4 is 5.73 Å². The summed E-state index contributed by atoms with van der Waals surface area (Å²) in [7, 11) is 0.